The number of rotatable bonds is 5. The lowest BCUT2D eigenvalue weighted by Gasteiger charge is -2.24. The number of esters is 1. The van der Waals surface area contributed by atoms with Gasteiger partial charge < -0.3 is 21.1 Å². The third-order valence-electron chi connectivity index (χ3n) is 3.08. The molecule has 1 rings (SSSR count). The van der Waals surface area contributed by atoms with E-state index >= 15 is 0 Å². The highest BCUT2D eigenvalue weighted by Crippen LogP contribution is 2.21. The van der Waals surface area contributed by atoms with Crippen molar-refractivity contribution in [1.29, 1.82) is 0 Å². The monoisotopic (exact) mass is 311 g/mol. The van der Waals surface area contributed by atoms with E-state index in [4.69, 9.17) is 5.73 Å². The molecule has 21 heavy (non-hydrogen) atoms. The fourth-order valence-corrected chi connectivity index (χ4v) is 1.98. The van der Waals surface area contributed by atoms with Gasteiger partial charge in [-0.3, -0.25) is 9.59 Å². The second kappa shape index (κ2) is 6.74. The summed E-state index contributed by atoms with van der Waals surface area (Å²) in [7, 11) is 1.17. The minimum Gasteiger partial charge on any atom is -0.444 e. The van der Waals surface area contributed by atoms with E-state index in [0.717, 1.165) is 0 Å². The zero-order valence-electron chi connectivity index (χ0n) is 11.2. The number of amides is 2. The molecule has 4 N–H and O–H groups in total. The third kappa shape index (κ3) is 4.59. The molecular weight excluding hydrogens is 295 g/mol. The van der Waals surface area contributed by atoms with Crippen LogP contribution in [0.15, 0.2) is 0 Å². The molecule has 0 aromatic rings. The zero-order valence-corrected chi connectivity index (χ0v) is 11.2. The van der Waals surface area contributed by atoms with E-state index in [-0.39, 0.29) is 12.3 Å². The summed E-state index contributed by atoms with van der Waals surface area (Å²) >= 11 is 0. The number of nitrogens with two attached hydrogens (primary N) is 1. The number of carbonyl (C=O) groups excluding carboxylic acids is 3. The Balaban J connectivity index is 2.74. The van der Waals surface area contributed by atoms with Gasteiger partial charge in [-0.1, -0.05) is 0 Å². The first kappa shape index (κ1) is 17.2. The molecule has 10 heteroatoms. The normalized spacial score (nSPS) is 21.4. The third-order valence-corrected chi connectivity index (χ3v) is 3.08. The molecule has 0 aromatic heterocycles. The van der Waals surface area contributed by atoms with Gasteiger partial charge in [-0.25, -0.2) is 4.79 Å². The number of likely N-dealkylation sites (N-methyl/N-ethyl adjacent to an activating group) is 1. The SMILES string of the molecule is CNC(=O)C(OC(=O)C(F)(F)F)[C@@H](N)C[C@@H]1CCNC1=O. The first-order valence-electron chi connectivity index (χ1n) is 6.19. The van der Waals surface area contributed by atoms with Gasteiger partial charge >= 0.3 is 12.1 Å². The van der Waals surface area contributed by atoms with Crippen LogP contribution >= 0.6 is 0 Å². The Hall–Kier alpha value is -1.84. The predicted molar refractivity (Wildman–Crippen MR) is 63.7 cm³/mol. The van der Waals surface area contributed by atoms with Crippen molar-refractivity contribution < 1.29 is 32.3 Å². The van der Waals surface area contributed by atoms with E-state index in [2.05, 4.69) is 15.4 Å². The van der Waals surface area contributed by atoms with E-state index < -0.39 is 36.1 Å². The maximum absolute atomic E-state index is 12.2. The van der Waals surface area contributed by atoms with Crippen molar-refractivity contribution in [2.45, 2.75) is 31.2 Å². The lowest BCUT2D eigenvalue weighted by atomic mass is 9.95. The van der Waals surface area contributed by atoms with Crippen LogP contribution in [0, 0.1) is 5.92 Å². The summed E-state index contributed by atoms with van der Waals surface area (Å²) in [6.07, 6.45) is -6.64. The molecule has 7 nitrogen and oxygen atoms in total. The second-order valence-electron chi connectivity index (χ2n) is 4.61. The maximum Gasteiger partial charge on any atom is 0.490 e. The molecule has 0 aromatic carbocycles. The van der Waals surface area contributed by atoms with Crippen LogP contribution in [0.25, 0.3) is 0 Å². The van der Waals surface area contributed by atoms with Crippen LogP contribution in [-0.2, 0) is 19.1 Å². The lowest BCUT2D eigenvalue weighted by molar-refractivity contribution is -0.206. The van der Waals surface area contributed by atoms with Gasteiger partial charge in [0.2, 0.25) is 5.91 Å². The standard InChI is InChI=1S/C11H16F3N3O4/c1-16-9(19)7(21-10(20)11(12,13)14)6(15)4-5-2-3-17-8(5)18/h5-7H,2-4,15H2,1H3,(H,16,19)(H,17,18)/t5-,6-,7?/m0/s1. The molecule has 120 valence electrons. The summed E-state index contributed by atoms with van der Waals surface area (Å²) in [5.41, 5.74) is 5.64. The smallest absolute Gasteiger partial charge is 0.444 e. The molecule has 0 spiro atoms. The quantitative estimate of drug-likeness (QED) is 0.568. The molecule has 2 amide bonds. The molecule has 1 heterocycles. The Morgan fingerprint density at radius 1 is 1.52 bits per heavy atom. The first-order chi connectivity index (χ1) is 9.66. The van der Waals surface area contributed by atoms with Crippen LogP contribution in [0.3, 0.4) is 0 Å². The molecule has 1 fully saturated rings. The average Bonchev–Trinajstić information content (AvgIpc) is 2.79. The van der Waals surface area contributed by atoms with Crippen molar-refractivity contribution in [3.05, 3.63) is 0 Å². The molecule has 1 aliphatic heterocycles. The van der Waals surface area contributed by atoms with E-state index in [9.17, 15) is 27.6 Å². The minimum absolute atomic E-state index is 0.0605. The first-order valence-corrected chi connectivity index (χ1v) is 6.19. The maximum atomic E-state index is 12.2. The van der Waals surface area contributed by atoms with Crippen LogP contribution in [-0.4, -0.2) is 49.7 Å². The molecular formula is C11H16F3N3O4. The topological polar surface area (TPSA) is 111 Å². The van der Waals surface area contributed by atoms with E-state index in [1.54, 1.807) is 0 Å². The molecule has 1 aliphatic rings. The van der Waals surface area contributed by atoms with Crippen molar-refractivity contribution in [2.24, 2.45) is 11.7 Å². The summed E-state index contributed by atoms with van der Waals surface area (Å²) in [6.45, 7) is 0.434. The van der Waals surface area contributed by atoms with Gasteiger partial charge in [0.05, 0.1) is 6.04 Å². The van der Waals surface area contributed by atoms with Crippen LogP contribution in [0.4, 0.5) is 13.2 Å². The Morgan fingerprint density at radius 3 is 2.57 bits per heavy atom. The minimum atomic E-state index is -5.23. The van der Waals surface area contributed by atoms with Crippen molar-refractivity contribution in [3.63, 3.8) is 0 Å². The Kier molecular flexibility index (Phi) is 5.53. The largest absolute Gasteiger partial charge is 0.490 e. The van der Waals surface area contributed by atoms with Crippen molar-refractivity contribution >= 4 is 17.8 Å². The van der Waals surface area contributed by atoms with E-state index in [1.807, 2.05) is 0 Å². The summed E-state index contributed by atoms with van der Waals surface area (Å²) in [4.78, 5) is 33.8. The van der Waals surface area contributed by atoms with Crippen LogP contribution < -0.4 is 16.4 Å². The zero-order chi connectivity index (χ0) is 16.2. The summed E-state index contributed by atoms with van der Waals surface area (Å²) in [5.74, 6) is -4.26. The van der Waals surface area contributed by atoms with Gasteiger partial charge in [-0.05, 0) is 12.8 Å². The van der Waals surface area contributed by atoms with Gasteiger partial charge in [0.15, 0.2) is 6.10 Å². The van der Waals surface area contributed by atoms with Crippen LogP contribution in [0.2, 0.25) is 0 Å². The average molecular weight is 311 g/mol. The molecule has 3 atom stereocenters. The van der Waals surface area contributed by atoms with Crippen molar-refractivity contribution in [1.82, 2.24) is 10.6 Å². The highest BCUT2D eigenvalue weighted by molar-refractivity contribution is 5.86. The number of halogens is 3. The second-order valence-corrected chi connectivity index (χ2v) is 4.61. The van der Waals surface area contributed by atoms with Crippen LogP contribution in [0.1, 0.15) is 12.8 Å². The van der Waals surface area contributed by atoms with Crippen LogP contribution in [0.5, 0.6) is 0 Å². The molecule has 0 radical (unpaired) electrons. The molecule has 1 unspecified atom stereocenters. The summed E-state index contributed by atoms with van der Waals surface area (Å²) in [5, 5.41) is 4.61. The van der Waals surface area contributed by atoms with Gasteiger partial charge in [-0.2, -0.15) is 13.2 Å². The fraction of sp³-hybridized carbons (Fsp3) is 0.727. The Bertz CT molecular complexity index is 427. The molecule has 1 saturated heterocycles. The molecule has 0 aliphatic carbocycles. The number of ether oxygens (including phenoxy) is 1. The van der Waals surface area contributed by atoms with Gasteiger partial charge in [0.1, 0.15) is 0 Å². The highest BCUT2D eigenvalue weighted by Gasteiger charge is 2.45. The number of hydrogen-bond donors (Lipinski definition) is 3. The van der Waals surface area contributed by atoms with Gasteiger partial charge in [0.25, 0.3) is 5.91 Å². The number of carbonyl (C=O) groups is 3. The summed E-state index contributed by atoms with van der Waals surface area (Å²) in [6, 6.07) is -1.22. The van der Waals surface area contributed by atoms with Crippen molar-refractivity contribution in [2.75, 3.05) is 13.6 Å². The molecule has 0 saturated carbocycles. The van der Waals surface area contributed by atoms with E-state index in [1.165, 1.54) is 7.05 Å². The van der Waals surface area contributed by atoms with E-state index in [0.29, 0.717) is 13.0 Å². The predicted octanol–water partition coefficient (Wildman–Crippen LogP) is -0.940. The number of nitrogens with one attached hydrogen (secondary N) is 2. The summed E-state index contributed by atoms with van der Waals surface area (Å²) < 4.78 is 40.7. The van der Waals surface area contributed by atoms with Gasteiger partial charge in [0, 0.05) is 19.5 Å². The lowest BCUT2D eigenvalue weighted by Crippen LogP contribution is -2.50. The van der Waals surface area contributed by atoms with Gasteiger partial charge in [-0.15, -0.1) is 0 Å². The number of alkyl halides is 3. The Labute approximate surface area is 118 Å². The number of hydrogen-bond acceptors (Lipinski definition) is 5. The Morgan fingerprint density at radius 2 is 2.14 bits per heavy atom. The fourth-order valence-electron chi connectivity index (χ4n) is 1.98. The molecule has 0 bridgehead atoms. The van der Waals surface area contributed by atoms with Crippen molar-refractivity contribution in [3.8, 4) is 0 Å². The highest BCUT2D eigenvalue weighted by atomic mass is 19.4.